The van der Waals surface area contributed by atoms with Gasteiger partial charge in [-0.1, -0.05) is 53.7 Å². The lowest BCUT2D eigenvalue weighted by Gasteiger charge is -2.34. The third-order valence-corrected chi connectivity index (χ3v) is 7.61. The summed E-state index contributed by atoms with van der Waals surface area (Å²) in [5.41, 5.74) is 2.77. The van der Waals surface area contributed by atoms with Crippen LogP contribution in [0.25, 0.3) is 0 Å². The fourth-order valence-corrected chi connectivity index (χ4v) is 5.33. The Morgan fingerprint density at radius 1 is 1.03 bits per heavy atom. The van der Waals surface area contributed by atoms with E-state index in [-0.39, 0.29) is 17.6 Å². The van der Waals surface area contributed by atoms with Crippen molar-refractivity contribution in [3.05, 3.63) is 76.3 Å². The van der Waals surface area contributed by atoms with Gasteiger partial charge >= 0.3 is 0 Å². The molecule has 1 saturated heterocycles. The Morgan fingerprint density at radius 3 is 2.48 bits per heavy atom. The molecule has 1 aromatic heterocycles. The minimum Gasteiger partial charge on any atom is -0.340 e. The van der Waals surface area contributed by atoms with Crippen LogP contribution in [0.2, 0.25) is 5.02 Å². The van der Waals surface area contributed by atoms with Gasteiger partial charge < -0.3 is 10.2 Å². The second kappa shape index (κ2) is 11.7. The lowest BCUT2D eigenvalue weighted by Crippen LogP contribution is -2.48. The fraction of sp³-hybridized carbons (Fsp3) is 0.292. The molecule has 0 spiro atoms. The summed E-state index contributed by atoms with van der Waals surface area (Å²) in [6.45, 7) is 4.15. The lowest BCUT2D eigenvalue weighted by atomic mass is 10.2. The Morgan fingerprint density at radius 2 is 1.76 bits per heavy atom. The molecule has 9 heteroatoms. The standard InChI is InChI=1S/C24H25ClN4O2S2/c25-19-6-8-20(9-7-19)26-22(30)17-33-24-27-21(16-32-24)14-23(31)29-12-10-28(11-13-29)15-18-4-2-1-3-5-18/h1-9,16H,10-15,17H2,(H,26,30). The van der Waals surface area contributed by atoms with Gasteiger partial charge in [0.2, 0.25) is 11.8 Å². The number of carbonyl (C=O) groups is 2. The molecule has 1 aliphatic heterocycles. The van der Waals surface area contributed by atoms with E-state index in [0.29, 0.717) is 17.1 Å². The van der Waals surface area contributed by atoms with E-state index in [0.717, 1.165) is 42.8 Å². The first kappa shape index (κ1) is 23.8. The molecular formula is C24H25ClN4O2S2. The molecule has 0 atom stereocenters. The van der Waals surface area contributed by atoms with Crippen molar-refractivity contribution in [3.8, 4) is 0 Å². The van der Waals surface area contributed by atoms with Crippen molar-refractivity contribution in [1.29, 1.82) is 0 Å². The second-order valence-electron chi connectivity index (χ2n) is 7.77. The van der Waals surface area contributed by atoms with Crippen LogP contribution >= 0.6 is 34.7 Å². The topological polar surface area (TPSA) is 65.5 Å². The maximum Gasteiger partial charge on any atom is 0.234 e. The average molecular weight is 501 g/mol. The van der Waals surface area contributed by atoms with Gasteiger partial charge in [0.25, 0.3) is 0 Å². The zero-order chi connectivity index (χ0) is 23.0. The zero-order valence-electron chi connectivity index (χ0n) is 18.1. The van der Waals surface area contributed by atoms with Gasteiger partial charge in [-0.25, -0.2) is 4.98 Å². The summed E-state index contributed by atoms with van der Waals surface area (Å²) in [5, 5.41) is 5.37. The van der Waals surface area contributed by atoms with Gasteiger partial charge in [-0.3, -0.25) is 14.5 Å². The van der Waals surface area contributed by atoms with E-state index < -0.39 is 0 Å². The molecule has 2 aromatic carbocycles. The summed E-state index contributed by atoms with van der Waals surface area (Å²) in [4.78, 5) is 33.7. The van der Waals surface area contributed by atoms with Gasteiger partial charge in [-0.15, -0.1) is 11.3 Å². The van der Waals surface area contributed by atoms with E-state index in [4.69, 9.17) is 11.6 Å². The molecular weight excluding hydrogens is 476 g/mol. The normalized spacial score (nSPS) is 14.3. The highest BCUT2D eigenvalue weighted by Gasteiger charge is 2.22. The zero-order valence-corrected chi connectivity index (χ0v) is 20.5. The summed E-state index contributed by atoms with van der Waals surface area (Å²) in [7, 11) is 0. The van der Waals surface area contributed by atoms with Crippen LogP contribution in [0.5, 0.6) is 0 Å². The highest BCUT2D eigenvalue weighted by Crippen LogP contribution is 2.24. The number of thiazole rings is 1. The van der Waals surface area contributed by atoms with Crippen molar-refractivity contribution in [2.75, 3.05) is 37.2 Å². The number of thioether (sulfide) groups is 1. The SMILES string of the molecule is O=C(CSc1nc(CC(=O)N2CCN(Cc3ccccc3)CC2)cs1)Nc1ccc(Cl)cc1. The molecule has 2 amide bonds. The van der Waals surface area contributed by atoms with Crippen LogP contribution in [0.3, 0.4) is 0 Å². The Hall–Kier alpha value is -2.39. The lowest BCUT2D eigenvalue weighted by molar-refractivity contribution is -0.132. The summed E-state index contributed by atoms with van der Waals surface area (Å²) >= 11 is 8.70. The number of aromatic nitrogens is 1. The number of piperazine rings is 1. The van der Waals surface area contributed by atoms with E-state index in [2.05, 4.69) is 39.5 Å². The van der Waals surface area contributed by atoms with E-state index >= 15 is 0 Å². The van der Waals surface area contributed by atoms with Gasteiger partial charge in [-0.2, -0.15) is 0 Å². The molecule has 1 fully saturated rings. The van der Waals surface area contributed by atoms with Gasteiger partial charge in [0.05, 0.1) is 17.9 Å². The largest absolute Gasteiger partial charge is 0.340 e. The van der Waals surface area contributed by atoms with Crippen LogP contribution < -0.4 is 5.32 Å². The first-order valence-electron chi connectivity index (χ1n) is 10.7. The molecule has 0 bridgehead atoms. The predicted octanol–water partition coefficient (Wildman–Crippen LogP) is 4.41. The summed E-state index contributed by atoms with van der Waals surface area (Å²) in [6.07, 6.45) is 0.298. The molecule has 4 rings (SSSR count). The number of amides is 2. The van der Waals surface area contributed by atoms with Crippen molar-refractivity contribution < 1.29 is 9.59 Å². The maximum atomic E-state index is 12.7. The van der Waals surface area contributed by atoms with E-state index in [1.165, 1.54) is 28.7 Å². The number of anilines is 1. The van der Waals surface area contributed by atoms with Gasteiger partial charge in [0, 0.05) is 48.8 Å². The van der Waals surface area contributed by atoms with E-state index in [1.807, 2.05) is 16.3 Å². The Kier molecular flexibility index (Phi) is 8.39. The van der Waals surface area contributed by atoms with Crippen LogP contribution in [-0.2, 0) is 22.6 Å². The number of hydrogen-bond acceptors (Lipinski definition) is 6. The Labute approximate surface area is 207 Å². The minimum atomic E-state index is -0.108. The molecule has 3 aromatic rings. The molecule has 6 nitrogen and oxygen atoms in total. The van der Waals surface area contributed by atoms with E-state index in [9.17, 15) is 9.59 Å². The van der Waals surface area contributed by atoms with Crippen LogP contribution in [0.1, 0.15) is 11.3 Å². The number of nitrogens with one attached hydrogen (secondary N) is 1. The third kappa shape index (κ3) is 7.30. The van der Waals surface area contributed by atoms with Crippen LogP contribution in [0.4, 0.5) is 5.69 Å². The van der Waals surface area contributed by atoms with E-state index in [1.54, 1.807) is 24.3 Å². The van der Waals surface area contributed by atoms with Crippen LogP contribution in [0.15, 0.2) is 64.3 Å². The van der Waals surface area contributed by atoms with Gasteiger partial charge in [0.1, 0.15) is 0 Å². The molecule has 0 radical (unpaired) electrons. The highest BCUT2D eigenvalue weighted by atomic mass is 35.5. The number of halogens is 1. The summed E-state index contributed by atoms with van der Waals surface area (Å²) < 4.78 is 0.789. The second-order valence-corrected chi connectivity index (χ2v) is 10.3. The monoisotopic (exact) mass is 500 g/mol. The highest BCUT2D eigenvalue weighted by molar-refractivity contribution is 8.01. The van der Waals surface area contributed by atoms with Gasteiger partial charge in [-0.05, 0) is 29.8 Å². The summed E-state index contributed by atoms with van der Waals surface area (Å²) in [5.74, 6) is 0.257. The third-order valence-electron chi connectivity index (χ3n) is 5.29. The quantitative estimate of drug-likeness (QED) is 0.464. The van der Waals surface area contributed by atoms with Crippen LogP contribution in [0, 0.1) is 0 Å². The number of benzene rings is 2. The number of hydrogen-bond donors (Lipinski definition) is 1. The van der Waals surface area contributed by atoms with Crippen molar-refractivity contribution in [2.24, 2.45) is 0 Å². The van der Waals surface area contributed by atoms with Crippen LogP contribution in [-0.4, -0.2) is 58.5 Å². The average Bonchev–Trinajstić information content (AvgIpc) is 3.27. The number of rotatable bonds is 8. The van der Waals surface area contributed by atoms with Crippen molar-refractivity contribution in [1.82, 2.24) is 14.8 Å². The summed E-state index contributed by atoms with van der Waals surface area (Å²) in [6, 6.07) is 17.4. The molecule has 33 heavy (non-hydrogen) atoms. The smallest absolute Gasteiger partial charge is 0.234 e. The first-order chi connectivity index (χ1) is 16.0. The van der Waals surface area contributed by atoms with Crippen molar-refractivity contribution >= 4 is 52.2 Å². The fourth-order valence-electron chi connectivity index (χ4n) is 3.56. The van der Waals surface area contributed by atoms with Gasteiger partial charge in [0.15, 0.2) is 4.34 Å². The molecule has 1 N–H and O–H groups in total. The molecule has 2 heterocycles. The minimum absolute atomic E-state index is 0.108. The first-order valence-corrected chi connectivity index (χ1v) is 13.0. The Balaban J connectivity index is 1.19. The van der Waals surface area contributed by atoms with Crippen molar-refractivity contribution in [2.45, 2.75) is 17.3 Å². The number of carbonyl (C=O) groups excluding carboxylic acids is 2. The Bertz CT molecular complexity index is 1070. The predicted molar refractivity (Wildman–Crippen MR) is 135 cm³/mol. The number of nitrogens with zero attached hydrogens (tertiary/aromatic N) is 3. The van der Waals surface area contributed by atoms with Crippen molar-refractivity contribution in [3.63, 3.8) is 0 Å². The molecule has 172 valence electrons. The molecule has 0 unspecified atom stereocenters. The molecule has 0 aliphatic carbocycles. The molecule has 0 saturated carbocycles. The maximum absolute atomic E-state index is 12.7. The molecule has 1 aliphatic rings.